The van der Waals surface area contributed by atoms with Gasteiger partial charge in [-0.2, -0.15) is 0 Å². The molecule has 0 saturated heterocycles. The van der Waals surface area contributed by atoms with Crippen LogP contribution in [0.3, 0.4) is 0 Å². The fourth-order valence-corrected chi connectivity index (χ4v) is 1.90. The van der Waals surface area contributed by atoms with E-state index in [2.05, 4.69) is 5.32 Å². The van der Waals surface area contributed by atoms with Gasteiger partial charge in [-0.3, -0.25) is 9.36 Å². The SMILES string of the molecule is CC(C)NC(=O)C(N)CCCP(C)(=O)O. The van der Waals surface area contributed by atoms with E-state index in [1.807, 2.05) is 13.8 Å². The van der Waals surface area contributed by atoms with Crippen molar-refractivity contribution in [3.8, 4) is 0 Å². The summed E-state index contributed by atoms with van der Waals surface area (Å²) in [4.78, 5) is 20.4. The minimum Gasteiger partial charge on any atom is -0.353 e. The molecule has 0 aromatic heterocycles. The standard InChI is InChI=1S/C9H21N2O3P/c1-7(2)11-9(12)8(10)5-4-6-15(3,13)14/h7-8H,4-6,10H2,1-3H3,(H,11,12)(H,13,14). The second-order valence-electron chi connectivity index (χ2n) is 4.19. The highest BCUT2D eigenvalue weighted by atomic mass is 31.2. The fraction of sp³-hybridized carbons (Fsp3) is 0.889. The molecule has 0 bridgehead atoms. The molecule has 6 heteroatoms. The van der Waals surface area contributed by atoms with Crippen molar-refractivity contribution in [3.63, 3.8) is 0 Å². The Morgan fingerprint density at radius 2 is 2.07 bits per heavy atom. The summed E-state index contributed by atoms with van der Waals surface area (Å²) in [5, 5.41) is 2.69. The third-order valence-corrected chi connectivity index (χ3v) is 3.00. The summed E-state index contributed by atoms with van der Waals surface area (Å²) >= 11 is 0. The smallest absolute Gasteiger partial charge is 0.237 e. The minimum absolute atomic E-state index is 0.0682. The van der Waals surface area contributed by atoms with E-state index in [4.69, 9.17) is 10.6 Å². The van der Waals surface area contributed by atoms with Crippen molar-refractivity contribution in [1.82, 2.24) is 5.32 Å². The predicted octanol–water partition coefficient (Wildman–Crippen LogP) is 0.519. The molecule has 1 amide bonds. The maximum absolute atomic E-state index is 11.3. The number of carbonyl (C=O) groups is 1. The second-order valence-corrected chi connectivity index (χ2v) is 6.74. The van der Waals surface area contributed by atoms with E-state index in [0.717, 1.165) is 0 Å². The van der Waals surface area contributed by atoms with E-state index in [9.17, 15) is 9.36 Å². The van der Waals surface area contributed by atoms with Gasteiger partial charge in [-0.1, -0.05) is 0 Å². The molecule has 2 unspecified atom stereocenters. The van der Waals surface area contributed by atoms with Crippen LogP contribution in [0.15, 0.2) is 0 Å². The first-order chi connectivity index (χ1) is 6.72. The molecule has 0 aromatic rings. The van der Waals surface area contributed by atoms with E-state index < -0.39 is 13.4 Å². The number of nitrogens with one attached hydrogen (secondary N) is 1. The lowest BCUT2D eigenvalue weighted by Crippen LogP contribution is -2.43. The second kappa shape index (κ2) is 6.26. The van der Waals surface area contributed by atoms with Gasteiger partial charge in [0.25, 0.3) is 0 Å². The average Bonchev–Trinajstić information content (AvgIpc) is 2.00. The molecule has 0 radical (unpaired) electrons. The predicted molar refractivity (Wildman–Crippen MR) is 61.1 cm³/mol. The normalized spacial score (nSPS) is 17.2. The number of hydrogen-bond acceptors (Lipinski definition) is 3. The highest BCUT2D eigenvalue weighted by Gasteiger charge is 2.16. The summed E-state index contributed by atoms with van der Waals surface area (Å²) in [5.74, 6) is -0.200. The van der Waals surface area contributed by atoms with E-state index >= 15 is 0 Å². The summed E-state index contributed by atoms with van der Waals surface area (Å²) in [6.07, 6.45) is 1.16. The number of carbonyl (C=O) groups excluding carboxylic acids is 1. The topological polar surface area (TPSA) is 92.4 Å². The molecule has 0 aliphatic rings. The lowest BCUT2D eigenvalue weighted by atomic mass is 10.1. The fourth-order valence-electron chi connectivity index (χ4n) is 1.13. The van der Waals surface area contributed by atoms with Crippen LogP contribution in [0, 0.1) is 0 Å². The highest BCUT2D eigenvalue weighted by Crippen LogP contribution is 2.36. The Bertz CT molecular complexity index is 250. The van der Waals surface area contributed by atoms with Crippen molar-refractivity contribution in [2.24, 2.45) is 5.73 Å². The Labute approximate surface area is 90.9 Å². The number of hydrogen-bond donors (Lipinski definition) is 3. The molecule has 0 heterocycles. The van der Waals surface area contributed by atoms with Crippen molar-refractivity contribution in [3.05, 3.63) is 0 Å². The molecule has 5 nitrogen and oxygen atoms in total. The summed E-state index contributed by atoms with van der Waals surface area (Å²) in [6, 6.07) is -0.516. The third-order valence-electron chi connectivity index (χ3n) is 1.86. The van der Waals surface area contributed by atoms with Gasteiger partial charge in [-0.15, -0.1) is 0 Å². The van der Waals surface area contributed by atoms with Crippen molar-refractivity contribution in [2.75, 3.05) is 12.8 Å². The van der Waals surface area contributed by atoms with Crippen LogP contribution in [0.25, 0.3) is 0 Å². The zero-order valence-corrected chi connectivity index (χ0v) is 10.5. The molecule has 0 saturated carbocycles. The Hall–Kier alpha value is -0.380. The Morgan fingerprint density at radius 3 is 2.47 bits per heavy atom. The maximum atomic E-state index is 11.3. The first-order valence-electron chi connectivity index (χ1n) is 5.07. The highest BCUT2D eigenvalue weighted by molar-refractivity contribution is 7.57. The van der Waals surface area contributed by atoms with Crippen LogP contribution in [-0.4, -0.2) is 35.7 Å². The molecule has 0 fully saturated rings. The lowest BCUT2D eigenvalue weighted by molar-refractivity contribution is -0.123. The molecule has 2 atom stereocenters. The Kier molecular flexibility index (Phi) is 6.10. The van der Waals surface area contributed by atoms with Gasteiger partial charge in [0.2, 0.25) is 5.91 Å². The molecule has 15 heavy (non-hydrogen) atoms. The van der Waals surface area contributed by atoms with Crippen LogP contribution in [-0.2, 0) is 9.36 Å². The first kappa shape index (κ1) is 14.6. The summed E-state index contributed by atoms with van der Waals surface area (Å²) < 4.78 is 11.0. The minimum atomic E-state index is -2.97. The van der Waals surface area contributed by atoms with E-state index in [0.29, 0.717) is 12.8 Å². The molecule has 0 rings (SSSR count). The van der Waals surface area contributed by atoms with Gasteiger partial charge >= 0.3 is 0 Å². The van der Waals surface area contributed by atoms with Crippen molar-refractivity contribution in [1.29, 1.82) is 0 Å². The number of amides is 1. The molecule has 0 aliphatic heterocycles. The zero-order chi connectivity index (χ0) is 12.1. The Balaban J connectivity index is 3.79. The van der Waals surface area contributed by atoms with Crippen LogP contribution in [0.4, 0.5) is 0 Å². The van der Waals surface area contributed by atoms with E-state index in [1.54, 1.807) is 0 Å². The van der Waals surface area contributed by atoms with Gasteiger partial charge in [-0.05, 0) is 26.7 Å². The number of nitrogens with two attached hydrogens (primary N) is 1. The molecule has 0 aromatic carbocycles. The molecular formula is C9H21N2O3P. The third kappa shape index (κ3) is 8.60. The Morgan fingerprint density at radius 1 is 1.53 bits per heavy atom. The van der Waals surface area contributed by atoms with Crippen LogP contribution in [0.5, 0.6) is 0 Å². The van der Waals surface area contributed by atoms with E-state index in [1.165, 1.54) is 6.66 Å². The summed E-state index contributed by atoms with van der Waals surface area (Å²) in [7, 11) is -2.97. The van der Waals surface area contributed by atoms with Crippen molar-refractivity contribution in [2.45, 2.75) is 38.8 Å². The maximum Gasteiger partial charge on any atom is 0.237 e. The molecular weight excluding hydrogens is 215 g/mol. The summed E-state index contributed by atoms with van der Waals surface area (Å²) in [5.41, 5.74) is 5.61. The van der Waals surface area contributed by atoms with Gasteiger partial charge in [0.1, 0.15) is 0 Å². The van der Waals surface area contributed by atoms with Gasteiger partial charge in [-0.25, -0.2) is 0 Å². The molecule has 4 N–H and O–H groups in total. The van der Waals surface area contributed by atoms with Gasteiger partial charge in [0.15, 0.2) is 7.37 Å². The van der Waals surface area contributed by atoms with Gasteiger partial charge < -0.3 is 15.9 Å². The molecule has 0 spiro atoms. The van der Waals surface area contributed by atoms with Gasteiger partial charge in [0, 0.05) is 18.9 Å². The summed E-state index contributed by atoms with van der Waals surface area (Å²) in [6.45, 7) is 5.03. The van der Waals surface area contributed by atoms with Crippen LogP contribution in [0.1, 0.15) is 26.7 Å². The van der Waals surface area contributed by atoms with E-state index in [-0.39, 0.29) is 18.1 Å². The monoisotopic (exact) mass is 236 g/mol. The molecule has 0 aliphatic carbocycles. The van der Waals surface area contributed by atoms with Crippen LogP contribution >= 0.6 is 7.37 Å². The van der Waals surface area contributed by atoms with Crippen molar-refractivity contribution >= 4 is 13.3 Å². The first-order valence-corrected chi connectivity index (χ1v) is 7.37. The van der Waals surface area contributed by atoms with Crippen LogP contribution in [0.2, 0.25) is 0 Å². The largest absolute Gasteiger partial charge is 0.353 e. The average molecular weight is 236 g/mol. The quantitative estimate of drug-likeness (QED) is 0.586. The zero-order valence-electron chi connectivity index (χ0n) is 9.56. The number of rotatable bonds is 6. The van der Waals surface area contributed by atoms with Gasteiger partial charge in [0.05, 0.1) is 6.04 Å². The molecule has 90 valence electrons. The van der Waals surface area contributed by atoms with Crippen molar-refractivity contribution < 1.29 is 14.3 Å². The lowest BCUT2D eigenvalue weighted by Gasteiger charge is -2.14. The van der Waals surface area contributed by atoms with Crippen LogP contribution < -0.4 is 11.1 Å².